The fourth-order valence-corrected chi connectivity index (χ4v) is 4.37. The molecular formula is C31H25FN2O3S. The summed E-state index contributed by atoms with van der Waals surface area (Å²) in [6.07, 6.45) is 1.30. The number of carbonyl (C=O) groups excluding carboxylic acids is 3. The second-order valence-corrected chi connectivity index (χ2v) is 9.51. The normalized spacial score (nSPS) is 11.1. The molecule has 4 aromatic rings. The third-order valence-corrected chi connectivity index (χ3v) is 6.56. The van der Waals surface area contributed by atoms with Gasteiger partial charge in [-0.05, 0) is 49.4 Å². The van der Waals surface area contributed by atoms with Crippen molar-refractivity contribution in [2.75, 3.05) is 11.1 Å². The van der Waals surface area contributed by atoms with Gasteiger partial charge in [0.25, 0.3) is 11.8 Å². The second kappa shape index (κ2) is 12.7. The lowest BCUT2D eigenvalue weighted by atomic mass is 10.1. The minimum atomic E-state index is -0.615. The molecule has 4 aromatic carbocycles. The second-order valence-electron chi connectivity index (χ2n) is 8.46. The Bertz CT molecular complexity index is 1480. The molecule has 0 saturated carbocycles. The number of carbonyl (C=O) groups is 3. The summed E-state index contributed by atoms with van der Waals surface area (Å²) in [5.41, 5.74) is 2.60. The number of halogens is 1. The molecule has 5 nitrogen and oxygen atoms in total. The number of thioether (sulfide) groups is 1. The maximum absolute atomic E-state index is 14.3. The molecule has 0 radical (unpaired) electrons. The summed E-state index contributed by atoms with van der Waals surface area (Å²) in [5, 5.41) is 5.36. The Labute approximate surface area is 224 Å². The highest BCUT2D eigenvalue weighted by atomic mass is 32.2. The van der Waals surface area contributed by atoms with Crippen LogP contribution in [-0.4, -0.2) is 23.4 Å². The van der Waals surface area contributed by atoms with Gasteiger partial charge in [-0.3, -0.25) is 14.4 Å². The monoisotopic (exact) mass is 524 g/mol. The summed E-state index contributed by atoms with van der Waals surface area (Å²) >= 11 is 1.35. The van der Waals surface area contributed by atoms with Crippen molar-refractivity contribution in [2.45, 2.75) is 11.8 Å². The molecule has 38 heavy (non-hydrogen) atoms. The van der Waals surface area contributed by atoms with Crippen molar-refractivity contribution >= 4 is 41.1 Å². The van der Waals surface area contributed by atoms with Gasteiger partial charge in [0.1, 0.15) is 11.5 Å². The quantitative estimate of drug-likeness (QED) is 0.149. The van der Waals surface area contributed by atoms with Gasteiger partial charge in [-0.1, -0.05) is 72.3 Å². The maximum Gasteiger partial charge on any atom is 0.272 e. The fraction of sp³-hybridized carbons (Fsp3) is 0.0645. The molecule has 0 heterocycles. The van der Waals surface area contributed by atoms with Gasteiger partial charge in [0, 0.05) is 27.3 Å². The highest BCUT2D eigenvalue weighted by Gasteiger charge is 2.16. The molecule has 0 aliphatic carbocycles. The van der Waals surface area contributed by atoms with E-state index < -0.39 is 17.6 Å². The first-order valence-electron chi connectivity index (χ1n) is 11.9. The zero-order chi connectivity index (χ0) is 26.9. The van der Waals surface area contributed by atoms with Crippen molar-refractivity contribution in [3.05, 3.63) is 137 Å². The van der Waals surface area contributed by atoms with Crippen LogP contribution < -0.4 is 10.6 Å². The SMILES string of the molecule is Cc1ccc(C(=O)CSc2cccc(NC(=O)/C(=C/c3ccccc3F)NC(=O)c3ccccc3)c2)cc1. The fourth-order valence-electron chi connectivity index (χ4n) is 3.52. The molecule has 0 unspecified atom stereocenters. The molecule has 0 aromatic heterocycles. The molecule has 0 atom stereocenters. The minimum absolute atomic E-state index is 0.00294. The lowest BCUT2D eigenvalue weighted by Gasteiger charge is -2.12. The van der Waals surface area contributed by atoms with Crippen molar-refractivity contribution < 1.29 is 18.8 Å². The van der Waals surface area contributed by atoms with Crippen molar-refractivity contribution in [1.29, 1.82) is 0 Å². The van der Waals surface area contributed by atoms with E-state index >= 15 is 0 Å². The van der Waals surface area contributed by atoms with Crippen molar-refractivity contribution in [3.8, 4) is 0 Å². The van der Waals surface area contributed by atoms with E-state index in [2.05, 4.69) is 10.6 Å². The molecule has 4 rings (SSSR count). The van der Waals surface area contributed by atoms with E-state index in [0.29, 0.717) is 16.8 Å². The van der Waals surface area contributed by atoms with Crippen LogP contribution in [-0.2, 0) is 4.79 Å². The van der Waals surface area contributed by atoms with E-state index in [9.17, 15) is 18.8 Å². The molecule has 7 heteroatoms. The number of Topliss-reactive ketones (excluding diaryl/α,β-unsaturated/α-hetero) is 1. The molecule has 0 aliphatic rings. The van der Waals surface area contributed by atoms with E-state index in [0.717, 1.165) is 10.5 Å². The number of anilines is 1. The molecule has 2 N–H and O–H groups in total. The summed E-state index contributed by atoms with van der Waals surface area (Å²) in [5.74, 6) is -1.39. The van der Waals surface area contributed by atoms with Crippen LogP contribution in [0.2, 0.25) is 0 Å². The number of rotatable bonds is 9. The Hall–Kier alpha value is -4.49. The maximum atomic E-state index is 14.3. The van der Waals surface area contributed by atoms with Crippen LogP contribution in [0.3, 0.4) is 0 Å². The predicted octanol–water partition coefficient (Wildman–Crippen LogP) is 6.52. The van der Waals surface area contributed by atoms with Crippen LogP contribution in [0.5, 0.6) is 0 Å². The van der Waals surface area contributed by atoms with Crippen LogP contribution in [0.15, 0.2) is 114 Å². The van der Waals surface area contributed by atoms with Gasteiger partial charge in [0.2, 0.25) is 0 Å². The van der Waals surface area contributed by atoms with Gasteiger partial charge in [0.15, 0.2) is 5.78 Å². The zero-order valence-corrected chi connectivity index (χ0v) is 21.4. The van der Waals surface area contributed by atoms with Gasteiger partial charge in [-0.2, -0.15) is 0 Å². The largest absolute Gasteiger partial charge is 0.321 e. The highest BCUT2D eigenvalue weighted by molar-refractivity contribution is 8.00. The topological polar surface area (TPSA) is 75.3 Å². The van der Waals surface area contributed by atoms with E-state index in [1.807, 2.05) is 37.3 Å². The average molecular weight is 525 g/mol. The van der Waals surface area contributed by atoms with E-state index in [4.69, 9.17) is 0 Å². The number of aryl methyl sites for hydroxylation is 1. The Kier molecular flexibility index (Phi) is 8.85. The molecule has 190 valence electrons. The van der Waals surface area contributed by atoms with E-state index in [1.54, 1.807) is 60.7 Å². The number of nitrogens with one attached hydrogen (secondary N) is 2. The zero-order valence-electron chi connectivity index (χ0n) is 20.6. The third kappa shape index (κ3) is 7.27. The Morgan fingerprint density at radius 3 is 2.26 bits per heavy atom. The number of hydrogen-bond acceptors (Lipinski definition) is 4. The number of benzene rings is 4. The summed E-state index contributed by atoms with van der Waals surface area (Å²) in [6.45, 7) is 1.97. The van der Waals surface area contributed by atoms with Crippen LogP contribution >= 0.6 is 11.8 Å². The van der Waals surface area contributed by atoms with Crippen molar-refractivity contribution in [2.24, 2.45) is 0 Å². The van der Waals surface area contributed by atoms with Gasteiger partial charge >= 0.3 is 0 Å². The first-order valence-corrected chi connectivity index (χ1v) is 12.8. The standard InChI is InChI=1S/C31H25FN2O3S/c1-21-14-16-22(17-15-21)29(35)20-38-26-12-7-11-25(19-26)33-31(37)28(18-24-10-5-6-13-27(24)32)34-30(36)23-8-3-2-4-9-23/h2-19H,20H2,1H3,(H,33,37)(H,34,36)/b28-18-. The van der Waals surface area contributed by atoms with Crippen LogP contribution in [0.1, 0.15) is 31.8 Å². The molecule has 2 amide bonds. The third-order valence-electron chi connectivity index (χ3n) is 5.57. The van der Waals surface area contributed by atoms with Gasteiger partial charge < -0.3 is 10.6 Å². The average Bonchev–Trinajstić information content (AvgIpc) is 2.93. The summed E-state index contributed by atoms with van der Waals surface area (Å²) in [7, 11) is 0. The summed E-state index contributed by atoms with van der Waals surface area (Å²) in [4.78, 5) is 39.3. The van der Waals surface area contributed by atoms with Crippen LogP contribution in [0.4, 0.5) is 10.1 Å². The Morgan fingerprint density at radius 2 is 1.53 bits per heavy atom. The predicted molar refractivity (Wildman–Crippen MR) is 150 cm³/mol. The molecule has 0 aliphatic heterocycles. The Balaban J connectivity index is 1.49. The molecule has 0 spiro atoms. The molecular weight excluding hydrogens is 499 g/mol. The Morgan fingerprint density at radius 1 is 0.816 bits per heavy atom. The molecule has 0 fully saturated rings. The van der Waals surface area contributed by atoms with Crippen LogP contribution in [0.25, 0.3) is 6.08 Å². The number of ketones is 1. The number of amides is 2. The van der Waals surface area contributed by atoms with Crippen LogP contribution in [0, 0.1) is 12.7 Å². The number of hydrogen-bond donors (Lipinski definition) is 2. The summed E-state index contributed by atoms with van der Waals surface area (Å²) < 4.78 is 14.3. The van der Waals surface area contributed by atoms with E-state index in [1.165, 1.54) is 30.0 Å². The van der Waals surface area contributed by atoms with E-state index in [-0.39, 0.29) is 22.8 Å². The first kappa shape index (κ1) is 26.6. The highest BCUT2D eigenvalue weighted by Crippen LogP contribution is 2.23. The van der Waals surface area contributed by atoms with Crippen molar-refractivity contribution in [1.82, 2.24) is 5.32 Å². The molecule has 0 bridgehead atoms. The first-order chi connectivity index (χ1) is 18.4. The summed E-state index contributed by atoms with van der Waals surface area (Å²) in [6, 6.07) is 28.9. The van der Waals surface area contributed by atoms with Crippen molar-refractivity contribution in [3.63, 3.8) is 0 Å². The lowest BCUT2D eigenvalue weighted by molar-refractivity contribution is -0.113. The van der Waals surface area contributed by atoms with Gasteiger partial charge in [-0.25, -0.2) is 4.39 Å². The minimum Gasteiger partial charge on any atom is -0.321 e. The smallest absolute Gasteiger partial charge is 0.272 e. The van der Waals surface area contributed by atoms with Gasteiger partial charge in [-0.15, -0.1) is 11.8 Å². The lowest BCUT2D eigenvalue weighted by Crippen LogP contribution is -2.30. The molecule has 0 saturated heterocycles. The van der Waals surface area contributed by atoms with Gasteiger partial charge in [0.05, 0.1) is 5.75 Å².